The molecule has 0 bridgehead atoms. The van der Waals surface area contributed by atoms with E-state index in [0.29, 0.717) is 45.3 Å². The van der Waals surface area contributed by atoms with Crippen molar-refractivity contribution in [2.45, 2.75) is 95.4 Å². The van der Waals surface area contributed by atoms with Gasteiger partial charge in [0.15, 0.2) is 0 Å². The van der Waals surface area contributed by atoms with Crippen LogP contribution in [0.25, 0.3) is 0 Å². The number of rotatable bonds is 9. The number of nitrogens with zero attached hydrogens (tertiary/aromatic N) is 2. The maximum atomic E-state index is 13.8. The van der Waals surface area contributed by atoms with E-state index in [9.17, 15) is 27.6 Å². The number of carbonyl (C=O) groups is 4. The molecule has 0 aromatic heterocycles. The van der Waals surface area contributed by atoms with Gasteiger partial charge < -0.3 is 15.1 Å². The van der Waals surface area contributed by atoms with E-state index in [2.05, 4.69) is 16.6 Å². The van der Waals surface area contributed by atoms with Gasteiger partial charge in [-0.2, -0.15) is 0 Å². The van der Waals surface area contributed by atoms with Crippen LogP contribution in [0.2, 0.25) is 0 Å². The van der Waals surface area contributed by atoms with E-state index in [1.165, 1.54) is 0 Å². The van der Waals surface area contributed by atoms with Crippen molar-refractivity contribution < 1.29 is 27.6 Å². The molecule has 2 saturated carbocycles. The smallest absolute Gasteiger partial charge is 0.259 e. The van der Waals surface area contributed by atoms with Crippen molar-refractivity contribution in [1.29, 1.82) is 0 Å². The Morgan fingerprint density at radius 1 is 1.03 bits per heavy atom. The lowest BCUT2D eigenvalue weighted by molar-refractivity contribution is -0.148. The molecule has 0 aromatic rings. The van der Waals surface area contributed by atoms with E-state index in [-0.39, 0.29) is 24.7 Å². The highest BCUT2D eigenvalue weighted by Crippen LogP contribution is 2.45. The summed E-state index contributed by atoms with van der Waals surface area (Å²) in [6.45, 7) is 11.3. The first-order valence-electron chi connectivity index (χ1n) is 13.9. The topological polar surface area (TPSA) is 133 Å². The maximum absolute atomic E-state index is 13.8. The van der Waals surface area contributed by atoms with Crippen LogP contribution in [0, 0.1) is 17.3 Å². The molecule has 4 aliphatic rings. The Bertz CT molecular complexity index is 1090. The van der Waals surface area contributed by atoms with E-state index < -0.39 is 55.9 Å². The van der Waals surface area contributed by atoms with Gasteiger partial charge in [-0.3, -0.25) is 23.9 Å². The molecule has 4 atom stereocenters. The largest absolute Gasteiger partial charge is 0.343 e. The highest BCUT2D eigenvalue weighted by Gasteiger charge is 2.61. The van der Waals surface area contributed by atoms with Gasteiger partial charge in [-0.05, 0) is 56.8 Å². The van der Waals surface area contributed by atoms with E-state index in [1.54, 1.807) is 11.0 Å². The first-order valence-corrected chi connectivity index (χ1v) is 15.4. The Morgan fingerprint density at radius 3 is 2.24 bits per heavy atom. The van der Waals surface area contributed by atoms with E-state index in [0.717, 1.165) is 19.3 Å². The number of hydrogen-bond donors (Lipinski definition) is 2. The number of nitrogens with one attached hydrogen (secondary N) is 2. The zero-order valence-electron chi connectivity index (χ0n) is 22.8. The number of sulfonamides is 1. The molecular weight excluding hydrogens is 508 g/mol. The van der Waals surface area contributed by atoms with Crippen LogP contribution in [-0.4, -0.2) is 78.3 Å². The van der Waals surface area contributed by atoms with Crippen LogP contribution in [0.5, 0.6) is 0 Å². The summed E-state index contributed by atoms with van der Waals surface area (Å²) < 4.78 is 26.9. The van der Waals surface area contributed by atoms with E-state index in [1.807, 2.05) is 25.7 Å². The van der Waals surface area contributed by atoms with Gasteiger partial charge in [0.25, 0.3) is 5.91 Å². The van der Waals surface area contributed by atoms with Crippen molar-refractivity contribution in [2.24, 2.45) is 17.3 Å². The zero-order valence-corrected chi connectivity index (χ0v) is 23.6. The van der Waals surface area contributed by atoms with Crippen molar-refractivity contribution in [1.82, 2.24) is 19.8 Å². The average molecular weight is 551 g/mol. The Morgan fingerprint density at radius 2 is 1.68 bits per heavy atom. The van der Waals surface area contributed by atoms with E-state index in [4.69, 9.17) is 0 Å². The van der Waals surface area contributed by atoms with Crippen molar-refractivity contribution in [3.05, 3.63) is 12.7 Å². The van der Waals surface area contributed by atoms with Gasteiger partial charge in [0.1, 0.15) is 11.6 Å². The van der Waals surface area contributed by atoms with Crippen LogP contribution >= 0.6 is 0 Å². The number of likely N-dealkylation sites (tertiary alicyclic amines) is 2. The van der Waals surface area contributed by atoms with Gasteiger partial charge in [-0.1, -0.05) is 26.8 Å². The Hall–Kier alpha value is -2.43. The van der Waals surface area contributed by atoms with Gasteiger partial charge in [0, 0.05) is 32.0 Å². The molecule has 4 rings (SSSR count). The summed E-state index contributed by atoms with van der Waals surface area (Å²) in [6.07, 6.45) is 7.03. The second-order valence-electron chi connectivity index (χ2n) is 12.4. The van der Waals surface area contributed by atoms with Crippen LogP contribution in [-0.2, 0) is 29.2 Å². The molecule has 0 radical (unpaired) electrons. The second kappa shape index (κ2) is 10.6. The summed E-state index contributed by atoms with van der Waals surface area (Å²) in [5, 5.41) is 2.23. The first-order chi connectivity index (χ1) is 17.8. The van der Waals surface area contributed by atoms with Gasteiger partial charge in [-0.15, -0.1) is 6.58 Å². The molecule has 2 heterocycles. The number of amides is 4. The number of piperidine rings is 1. The summed E-state index contributed by atoms with van der Waals surface area (Å²) >= 11 is 0. The standard InChI is InChI=1S/C27H42N4O6S/c1-5-18-17-27(18,25(35)29-38(36,37)19-11-12-19)28-23(33)21-10-9-15-31(21)24(34)20(26(2,3)4)16-22(32)30-13-7-6-8-14-30/h5,18-21H,1,6-17H2,2-4H3,(H,28,33)(H,29,35)/t18?,20-,21+,27?/m1/s1. The quantitative estimate of drug-likeness (QED) is 0.420. The molecule has 0 aromatic carbocycles. The fourth-order valence-electron chi connectivity index (χ4n) is 5.73. The summed E-state index contributed by atoms with van der Waals surface area (Å²) in [5.41, 5.74) is -1.87. The molecule has 2 aliphatic carbocycles. The van der Waals surface area contributed by atoms with Gasteiger partial charge in [0.2, 0.25) is 27.7 Å². The molecular formula is C27H42N4O6S. The predicted octanol–water partition coefficient (Wildman–Crippen LogP) is 1.71. The molecule has 4 amide bonds. The lowest BCUT2D eigenvalue weighted by Gasteiger charge is -2.36. The third kappa shape index (κ3) is 5.92. The van der Waals surface area contributed by atoms with Crippen molar-refractivity contribution in [3.63, 3.8) is 0 Å². The summed E-state index contributed by atoms with van der Waals surface area (Å²) in [7, 11) is -3.77. The van der Waals surface area contributed by atoms with Crippen LogP contribution in [0.1, 0.15) is 78.6 Å². The number of hydrogen-bond acceptors (Lipinski definition) is 6. The fraction of sp³-hybridized carbons (Fsp3) is 0.778. The fourth-order valence-corrected chi connectivity index (χ4v) is 7.10. The molecule has 4 fully saturated rings. The van der Waals surface area contributed by atoms with Gasteiger partial charge in [-0.25, -0.2) is 8.42 Å². The molecule has 10 nitrogen and oxygen atoms in total. The summed E-state index contributed by atoms with van der Waals surface area (Å²) in [5.74, 6) is -2.47. The third-order valence-electron chi connectivity index (χ3n) is 8.52. The molecule has 2 unspecified atom stereocenters. The van der Waals surface area contributed by atoms with E-state index >= 15 is 0 Å². The maximum Gasteiger partial charge on any atom is 0.259 e. The second-order valence-corrected chi connectivity index (χ2v) is 14.4. The van der Waals surface area contributed by atoms with Gasteiger partial charge in [0.05, 0.1) is 11.2 Å². The van der Waals surface area contributed by atoms with Crippen molar-refractivity contribution >= 4 is 33.7 Å². The minimum Gasteiger partial charge on any atom is -0.343 e. The molecule has 11 heteroatoms. The molecule has 2 N–H and O–H groups in total. The zero-order chi connectivity index (χ0) is 27.9. The molecule has 212 valence electrons. The monoisotopic (exact) mass is 550 g/mol. The van der Waals surface area contributed by atoms with Gasteiger partial charge >= 0.3 is 0 Å². The molecule has 38 heavy (non-hydrogen) atoms. The first kappa shape index (κ1) is 28.6. The average Bonchev–Trinajstić information content (AvgIpc) is 3.78. The minimum atomic E-state index is -3.77. The lowest BCUT2D eigenvalue weighted by Crippen LogP contribution is -2.57. The SMILES string of the molecule is C=CC1CC1(NC(=O)[C@@H]1CCCN1C(=O)[C@@H](CC(=O)N1CCCCC1)C(C)(C)C)C(=O)NS(=O)(=O)C1CC1. The molecule has 2 saturated heterocycles. The Balaban J connectivity index is 1.46. The summed E-state index contributed by atoms with van der Waals surface area (Å²) in [4.78, 5) is 56.8. The minimum absolute atomic E-state index is 0.0301. The Kier molecular flexibility index (Phi) is 7.99. The molecule has 0 spiro atoms. The highest BCUT2D eigenvalue weighted by molar-refractivity contribution is 7.91. The number of carbonyl (C=O) groups excluding carboxylic acids is 4. The highest BCUT2D eigenvalue weighted by atomic mass is 32.2. The van der Waals surface area contributed by atoms with Crippen molar-refractivity contribution in [3.8, 4) is 0 Å². The Labute approximate surface area is 226 Å². The van der Waals surface area contributed by atoms with Crippen LogP contribution in [0.15, 0.2) is 12.7 Å². The lowest BCUT2D eigenvalue weighted by atomic mass is 9.77. The molecule has 2 aliphatic heterocycles. The van der Waals surface area contributed by atoms with Crippen LogP contribution in [0.3, 0.4) is 0 Å². The van der Waals surface area contributed by atoms with Crippen LogP contribution in [0.4, 0.5) is 0 Å². The predicted molar refractivity (Wildman–Crippen MR) is 142 cm³/mol. The van der Waals surface area contributed by atoms with Crippen molar-refractivity contribution in [2.75, 3.05) is 19.6 Å². The normalized spacial score (nSPS) is 28.4. The third-order valence-corrected chi connectivity index (χ3v) is 10.3. The summed E-state index contributed by atoms with van der Waals surface area (Å²) in [6, 6.07) is -0.784. The van der Waals surface area contributed by atoms with Crippen LogP contribution < -0.4 is 10.0 Å².